The van der Waals surface area contributed by atoms with Crippen LogP contribution in [0.1, 0.15) is 11.1 Å². The highest BCUT2D eigenvalue weighted by Gasteiger charge is 2.30. The predicted octanol–water partition coefficient (Wildman–Crippen LogP) is 3.35. The second-order valence-corrected chi connectivity index (χ2v) is 7.23. The third-order valence-electron chi connectivity index (χ3n) is 4.79. The first kappa shape index (κ1) is 24.6. The average Bonchev–Trinajstić information content (AvgIpc) is 2.85. The first-order chi connectivity index (χ1) is 16.7. The summed E-state index contributed by atoms with van der Waals surface area (Å²) in [6.07, 6.45) is 0. The van der Waals surface area contributed by atoms with E-state index in [1.807, 2.05) is 0 Å². The largest absolute Gasteiger partial charge is 0.459 e. The summed E-state index contributed by atoms with van der Waals surface area (Å²) in [5.41, 5.74) is 7.20. The Balaban J connectivity index is 1.70. The van der Waals surface area contributed by atoms with Crippen LogP contribution >= 0.6 is 0 Å². The zero-order chi connectivity index (χ0) is 25.4. The molecule has 3 aromatic carbocycles. The van der Waals surface area contributed by atoms with Crippen molar-refractivity contribution in [3.63, 3.8) is 0 Å². The molecule has 0 aliphatic heterocycles. The number of nitrogens with two attached hydrogens (primary N) is 1. The molecule has 0 radical (unpaired) electrons. The van der Waals surface area contributed by atoms with Gasteiger partial charge in [0, 0.05) is 24.3 Å². The Morgan fingerprint density at radius 2 is 1.20 bits per heavy atom. The standard InChI is InChI=1S/C23H20N4O8/c24-19-3-1-2-4-20(19)25-21(22(28)34-13-15-5-9-17(10-6-15)26(30)31)23(29)35-14-16-7-11-18(12-8-16)27(32)33/h1-12,21,25H,13-14,24H2. The molecule has 35 heavy (non-hydrogen) atoms. The number of ether oxygens (including phenoxy) is 2. The van der Waals surface area contributed by atoms with Crippen LogP contribution in [0.25, 0.3) is 0 Å². The van der Waals surface area contributed by atoms with Crippen LogP contribution < -0.4 is 11.1 Å². The maximum Gasteiger partial charge on any atom is 0.340 e. The van der Waals surface area contributed by atoms with Gasteiger partial charge in [0.25, 0.3) is 11.4 Å². The minimum atomic E-state index is -1.57. The number of hydrogen-bond acceptors (Lipinski definition) is 10. The maximum atomic E-state index is 12.8. The number of anilines is 2. The monoisotopic (exact) mass is 480 g/mol. The third-order valence-corrected chi connectivity index (χ3v) is 4.79. The van der Waals surface area contributed by atoms with Crippen molar-refractivity contribution in [2.24, 2.45) is 0 Å². The summed E-state index contributed by atoms with van der Waals surface area (Å²) in [5, 5.41) is 24.3. The van der Waals surface area contributed by atoms with Gasteiger partial charge in [0.15, 0.2) is 0 Å². The number of non-ortho nitro benzene ring substituents is 2. The molecular weight excluding hydrogens is 460 g/mol. The number of nitrogen functional groups attached to an aromatic ring is 1. The van der Waals surface area contributed by atoms with Gasteiger partial charge in [-0.05, 0) is 47.5 Å². The molecule has 12 heteroatoms. The van der Waals surface area contributed by atoms with E-state index in [9.17, 15) is 29.8 Å². The molecule has 180 valence electrons. The van der Waals surface area contributed by atoms with Crippen molar-refractivity contribution in [2.45, 2.75) is 19.3 Å². The minimum Gasteiger partial charge on any atom is -0.459 e. The molecule has 0 saturated heterocycles. The fourth-order valence-corrected chi connectivity index (χ4v) is 2.90. The molecule has 0 bridgehead atoms. The molecule has 0 aliphatic rings. The van der Waals surface area contributed by atoms with E-state index in [0.29, 0.717) is 16.8 Å². The fraction of sp³-hybridized carbons (Fsp3) is 0.130. The van der Waals surface area contributed by atoms with Crippen molar-refractivity contribution in [2.75, 3.05) is 11.1 Å². The van der Waals surface area contributed by atoms with E-state index in [1.165, 1.54) is 48.5 Å². The van der Waals surface area contributed by atoms with Crippen LogP contribution in [0.4, 0.5) is 22.7 Å². The Hall–Kier alpha value is -5.00. The van der Waals surface area contributed by atoms with Gasteiger partial charge in [0.2, 0.25) is 6.04 Å². The van der Waals surface area contributed by atoms with Crippen molar-refractivity contribution >= 4 is 34.7 Å². The number of nitrogens with zero attached hydrogens (tertiary/aromatic N) is 2. The van der Waals surface area contributed by atoms with Crippen LogP contribution in [-0.2, 0) is 32.3 Å². The Labute approximate surface area is 198 Å². The van der Waals surface area contributed by atoms with E-state index >= 15 is 0 Å². The minimum absolute atomic E-state index is 0.117. The highest BCUT2D eigenvalue weighted by Crippen LogP contribution is 2.20. The normalized spacial score (nSPS) is 10.4. The molecule has 3 N–H and O–H groups in total. The molecule has 12 nitrogen and oxygen atoms in total. The zero-order valence-electron chi connectivity index (χ0n) is 18.2. The molecule has 0 spiro atoms. The molecule has 0 aliphatic carbocycles. The van der Waals surface area contributed by atoms with Gasteiger partial charge in [-0.1, -0.05) is 12.1 Å². The maximum absolute atomic E-state index is 12.8. The van der Waals surface area contributed by atoms with E-state index in [-0.39, 0.29) is 30.3 Å². The summed E-state index contributed by atoms with van der Waals surface area (Å²) in [4.78, 5) is 46.0. The lowest BCUT2D eigenvalue weighted by Crippen LogP contribution is -2.40. The Bertz CT molecular complexity index is 1160. The summed E-state index contributed by atoms with van der Waals surface area (Å²) in [6, 6.07) is 15.7. The number of benzene rings is 3. The fourth-order valence-electron chi connectivity index (χ4n) is 2.90. The lowest BCUT2D eigenvalue weighted by atomic mass is 10.2. The number of para-hydroxylation sites is 2. The van der Waals surface area contributed by atoms with E-state index in [0.717, 1.165) is 0 Å². The van der Waals surface area contributed by atoms with Crippen LogP contribution in [0.5, 0.6) is 0 Å². The van der Waals surface area contributed by atoms with Gasteiger partial charge >= 0.3 is 11.9 Å². The summed E-state index contributed by atoms with van der Waals surface area (Å²) >= 11 is 0. The number of rotatable bonds is 10. The first-order valence-electron chi connectivity index (χ1n) is 10.2. The Morgan fingerprint density at radius 1 is 0.771 bits per heavy atom. The van der Waals surface area contributed by atoms with Gasteiger partial charge < -0.3 is 20.5 Å². The number of nitro groups is 2. The third kappa shape index (κ3) is 6.74. The Kier molecular flexibility index (Phi) is 7.90. The molecule has 3 rings (SSSR count). The molecular formula is C23H20N4O8. The molecule has 0 saturated carbocycles. The highest BCUT2D eigenvalue weighted by molar-refractivity contribution is 6.02. The molecule has 0 aromatic heterocycles. The van der Waals surface area contributed by atoms with Crippen molar-refractivity contribution < 1.29 is 28.9 Å². The van der Waals surface area contributed by atoms with Crippen LogP contribution in [0, 0.1) is 20.2 Å². The summed E-state index contributed by atoms with van der Waals surface area (Å²) in [7, 11) is 0. The van der Waals surface area contributed by atoms with Crippen LogP contribution in [0.2, 0.25) is 0 Å². The number of nitro benzene ring substituents is 2. The van der Waals surface area contributed by atoms with E-state index in [1.54, 1.807) is 24.3 Å². The van der Waals surface area contributed by atoms with Crippen LogP contribution in [0.3, 0.4) is 0 Å². The van der Waals surface area contributed by atoms with Crippen molar-refractivity contribution in [3.8, 4) is 0 Å². The summed E-state index contributed by atoms with van der Waals surface area (Å²) < 4.78 is 10.5. The highest BCUT2D eigenvalue weighted by atomic mass is 16.6. The van der Waals surface area contributed by atoms with Gasteiger partial charge in [-0.25, -0.2) is 9.59 Å². The quantitative estimate of drug-likeness (QED) is 0.144. The topological polar surface area (TPSA) is 177 Å². The number of hydrogen-bond donors (Lipinski definition) is 2. The smallest absolute Gasteiger partial charge is 0.340 e. The van der Waals surface area contributed by atoms with Crippen molar-refractivity contribution in [1.82, 2.24) is 0 Å². The number of carbonyl (C=O) groups excluding carboxylic acids is 2. The molecule has 0 amide bonds. The molecule has 0 fully saturated rings. The van der Waals surface area contributed by atoms with Crippen LogP contribution in [-0.4, -0.2) is 27.8 Å². The van der Waals surface area contributed by atoms with Gasteiger partial charge in [0.05, 0.1) is 21.2 Å². The Morgan fingerprint density at radius 3 is 1.60 bits per heavy atom. The first-order valence-corrected chi connectivity index (χ1v) is 10.2. The lowest BCUT2D eigenvalue weighted by molar-refractivity contribution is -0.385. The number of esters is 2. The molecule has 0 heterocycles. The van der Waals surface area contributed by atoms with Gasteiger partial charge in [-0.2, -0.15) is 0 Å². The molecule has 0 unspecified atom stereocenters. The van der Waals surface area contributed by atoms with Gasteiger partial charge in [0.1, 0.15) is 13.2 Å². The predicted molar refractivity (Wildman–Crippen MR) is 124 cm³/mol. The number of nitrogens with one attached hydrogen (secondary N) is 1. The van der Waals surface area contributed by atoms with E-state index < -0.39 is 27.8 Å². The van der Waals surface area contributed by atoms with Crippen molar-refractivity contribution in [1.29, 1.82) is 0 Å². The number of carbonyl (C=O) groups is 2. The lowest BCUT2D eigenvalue weighted by Gasteiger charge is -2.19. The average molecular weight is 480 g/mol. The van der Waals surface area contributed by atoms with Gasteiger partial charge in [-0.15, -0.1) is 0 Å². The summed E-state index contributed by atoms with van der Waals surface area (Å²) in [6.45, 7) is -0.482. The zero-order valence-corrected chi connectivity index (χ0v) is 18.2. The molecule has 3 aromatic rings. The second-order valence-electron chi connectivity index (χ2n) is 7.23. The summed E-state index contributed by atoms with van der Waals surface area (Å²) in [5.74, 6) is -1.92. The van der Waals surface area contributed by atoms with Crippen molar-refractivity contribution in [3.05, 3.63) is 104 Å². The van der Waals surface area contributed by atoms with Crippen LogP contribution in [0.15, 0.2) is 72.8 Å². The SMILES string of the molecule is Nc1ccccc1NC(C(=O)OCc1ccc([N+](=O)[O-])cc1)C(=O)OCc1ccc([N+](=O)[O-])cc1. The van der Waals surface area contributed by atoms with Gasteiger partial charge in [-0.3, -0.25) is 20.2 Å². The van der Waals surface area contributed by atoms with E-state index in [4.69, 9.17) is 15.2 Å². The molecule has 0 atom stereocenters. The van der Waals surface area contributed by atoms with E-state index in [2.05, 4.69) is 5.32 Å². The second kappa shape index (κ2) is 11.2.